The number of halogens is 1. The minimum absolute atomic E-state index is 0. The van der Waals surface area contributed by atoms with E-state index in [2.05, 4.69) is 0 Å². The summed E-state index contributed by atoms with van der Waals surface area (Å²) in [5.41, 5.74) is 4.99. The molecule has 0 aliphatic carbocycles. The fourth-order valence-corrected chi connectivity index (χ4v) is 1.24. The van der Waals surface area contributed by atoms with Crippen LogP contribution in [-0.4, -0.2) is 5.11 Å². The highest BCUT2D eigenvalue weighted by Gasteiger charge is 2.08. The van der Waals surface area contributed by atoms with Gasteiger partial charge in [-0.1, -0.05) is 30.3 Å². The molecule has 1 heterocycles. The third kappa shape index (κ3) is 2.17. The molecule has 0 aliphatic rings. The Morgan fingerprint density at radius 3 is 2.38 bits per heavy atom. The number of hydrogen-bond donors (Lipinski definition) is 2. The van der Waals surface area contributed by atoms with Gasteiger partial charge in [-0.25, -0.2) is 4.79 Å². The fraction of sp³-hybridized carbons (Fsp3) is 0. The van der Waals surface area contributed by atoms with E-state index in [0.717, 1.165) is 0 Å². The molecule has 84 valence electrons. The normalized spacial score (nSPS) is 9.50. The zero-order chi connectivity index (χ0) is 10.8. The first kappa shape index (κ1) is 12.1. The van der Waals surface area contributed by atoms with Crippen LogP contribution in [0.1, 0.15) is 0 Å². The van der Waals surface area contributed by atoms with Crippen LogP contribution < -0.4 is 11.4 Å². The lowest BCUT2D eigenvalue weighted by Crippen LogP contribution is -2.06. The van der Waals surface area contributed by atoms with Gasteiger partial charge < -0.3 is 15.3 Å². The van der Waals surface area contributed by atoms with Crippen LogP contribution in [0, 0.1) is 0 Å². The van der Waals surface area contributed by atoms with E-state index < -0.39 is 5.63 Å². The molecule has 0 saturated heterocycles. The maximum absolute atomic E-state index is 11.2. The highest BCUT2D eigenvalue weighted by molar-refractivity contribution is 5.85. The lowest BCUT2D eigenvalue weighted by atomic mass is 10.1. The summed E-state index contributed by atoms with van der Waals surface area (Å²) in [6.07, 6.45) is 0. The summed E-state index contributed by atoms with van der Waals surface area (Å²) in [5, 5.41) is 9.36. The number of anilines is 1. The van der Waals surface area contributed by atoms with Crippen molar-refractivity contribution in [3.05, 3.63) is 46.8 Å². The molecule has 0 saturated carbocycles. The molecular weight excluding hydrogens is 230 g/mol. The van der Waals surface area contributed by atoms with E-state index >= 15 is 0 Å². The van der Waals surface area contributed by atoms with Crippen molar-refractivity contribution in [1.29, 1.82) is 0 Å². The zero-order valence-corrected chi connectivity index (χ0v) is 9.03. The van der Waals surface area contributed by atoms with E-state index in [1.807, 2.05) is 18.2 Å². The Balaban J connectivity index is 0.00000128. The molecule has 1 aromatic carbocycles. The zero-order valence-electron chi connectivity index (χ0n) is 8.21. The molecule has 0 radical (unpaired) electrons. The SMILES string of the molecule is Cl.Nc1c(O)cc(-c2ccccc2)oc1=O. The first-order valence-electron chi connectivity index (χ1n) is 4.36. The smallest absolute Gasteiger partial charge is 0.363 e. The first-order valence-corrected chi connectivity index (χ1v) is 4.36. The highest BCUT2D eigenvalue weighted by atomic mass is 35.5. The Morgan fingerprint density at radius 2 is 1.81 bits per heavy atom. The molecule has 0 amide bonds. The molecule has 2 aromatic rings. The maximum atomic E-state index is 11.2. The fourth-order valence-electron chi connectivity index (χ4n) is 1.24. The van der Waals surface area contributed by atoms with Crippen LogP contribution in [0.4, 0.5) is 5.69 Å². The van der Waals surface area contributed by atoms with Crippen LogP contribution in [0.15, 0.2) is 45.6 Å². The van der Waals surface area contributed by atoms with Crippen molar-refractivity contribution in [3.8, 4) is 17.1 Å². The summed E-state index contributed by atoms with van der Waals surface area (Å²) < 4.78 is 4.93. The van der Waals surface area contributed by atoms with E-state index in [9.17, 15) is 9.90 Å². The lowest BCUT2D eigenvalue weighted by Gasteiger charge is -2.01. The third-order valence-electron chi connectivity index (χ3n) is 2.02. The van der Waals surface area contributed by atoms with Crippen molar-refractivity contribution in [2.24, 2.45) is 0 Å². The van der Waals surface area contributed by atoms with Gasteiger partial charge in [-0.3, -0.25) is 0 Å². The van der Waals surface area contributed by atoms with Crippen molar-refractivity contribution in [2.45, 2.75) is 0 Å². The van der Waals surface area contributed by atoms with Crippen LogP contribution in [0.2, 0.25) is 0 Å². The lowest BCUT2D eigenvalue weighted by molar-refractivity contribution is 0.457. The van der Waals surface area contributed by atoms with Gasteiger partial charge in [-0.15, -0.1) is 12.4 Å². The molecule has 0 aliphatic heterocycles. The Hall–Kier alpha value is -1.94. The molecule has 0 bridgehead atoms. The van der Waals surface area contributed by atoms with Gasteiger partial charge >= 0.3 is 5.63 Å². The number of nitrogen functional groups attached to an aromatic ring is 1. The Labute approximate surface area is 97.7 Å². The summed E-state index contributed by atoms with van der Waals surface area (Å²) in [5.74, 6) is 0.0393. The third-order valence-corrected chi connectivity index (χ3v) is 2.02. The van der Waals surface area contributed by atoms with E-state index in [0.29, 0.717) is 11.3 Å². The largest absolute Gasteiger partial charge is 0.505 e. The van der Waals surface area contributed by atoms with E-state index in [1.54, 1.807) is 12.1 Å². The molecule has 1 aromatic heterocycles. The molecule has 3 N–H and O–H groups in total. The Kier molecular flexibility index (Phi) is 3.58. The Bertz CT molecular complexity index is 537. The van der Waals surface area contributed by atoms with E-state index in [-0.39, 0.29) is 23.8 Å². The average molecular weight is 240 g/mol. The predicted octanol–water partition coefficient (Wildman–Crippen LogP) is 2.02. The molecule has 5 heteroatoms. The molecule has 0 spiro atoms. The summed E-state index contributed by atoms with van der Waals surface area (Å²) in [6.45, 7) is 0. The topological polar surface area (TPSA) is 76.5 Å². The molecule has 0 fully saturated rings. The monoisotopic (exact) mass is 239 g/mol. The van der Waals surface area contributed by atoms with Crippen LogP contribution in [0.3, 0.4) is 0 Å². The molecule has 0 unspecified atom stereocenters. The van der Waals surface area contributed by atoms with Gasteiger partial charge in [0.1, 0.15) is 11.5 Å². The second-order valence-corrected chi connectivity index (χ2v) is 3.06. The number of aromatic hydroxyl groups is 1. The van der Waals surface area contributed by atoms with Crippen LogP contribution in [0.5, 0.6) is 5.75 Å². The second-order valence-electron chi connectivity index (χ2n) is 3.06. The minimum Gasteiger partial charge on any atom is -0.505 e. The summed E-state index contributed by atoms with van der Waals surface area (Å²) in [6, 6.07) is 10.3. The van der Waals surface area contributed by atoms with Gasteiger partial charge in [0.15, 0.2) is 5.69 Å². The Morgan fingerprint density at radius 1 is 1.19 bits per heavy atom. The standard InChI is InChI=1S/C11H9NO3.ClH/c12-10-8(13)6-9(15-11(10)14)7-4-2-1-3-5-7;/h1-6,13H,12H2;1H. The summed E-state index contributed by atoms with van der Waals surface area (Å²) in [4.78, 5) is 11.2. The van der Waals surface area contributed by atoms with Gasteiger partial charge in [-0.05, 0) is 0 Å². The quantitative estimate of drug-likeness (QED) is 0.798. The van der Waals surface area contributed by atoms with Crippen molar-refractivity contribution in [3.63, 3.8) is 0 Å². The van der Waals surface area contributed by atoms with Crippen molar-refractivity contribution < 1.29 is 9.52 Å². The van der Waals surface area contributed by atoms with Crippen LogP contribution >= 0.6 is 12.4 Å². The first-order chi connectivity index (χ1) is 7.18. The summed E-state index contributed by atoms with van der Waals surface area (Å²) in [7, 11) is 0. The van der Waals surface area contributed by atoms with Crippen molar-refractivity contribution in [2.75, 3.05) is 5.73 Å². The van der Waals surface area contributed by atoms with Gasteiger partial charge in [0, 0.05) is 11.6 Å². The van der Waals surface area contributed by atoms with Crippen molar-refractivity contribution >= 4 is 18.1 Å². The van der Waals surface area contributed by atoms with E-state index in [1.165, 1.54) is 6.07 Å². The van der Waals surface area contributed by atoms with Gasteiger partial charge in [0.2, 0.25) is 0 Å². The van der Waals surface area contributed by atoms with Crippen LogP contribution in [0.25, 0.3) is 11.3 Å². The number of rotatable bonds is 1. The van der Waals surface area contributed by atoms with Gasteiger partial charge in [0.25, 0.3) is 0 Å². The molecule has 0 atom stereocenters. The minimum atomic E-state index is -0.728. The summed E-state index contributed by atoms with van der Waals surface area (Å²) >= 11 is 0. The van der Waals surface area contributed by atoms with Crippen molar-refractivity contribution in [1.82, 2.24) is 0 Å². The number of benzene rings is 1. The molecule has 16 heavy (non-hydrogen) atoms. The molecule has 2 rings (SSSR count). The average Bonchev–Trinajstić information content (AvgIpc) is 2.26. The van der Waals surface area contributed by atoms with Crippen LogP contribution in [-0.2, 0) is 0 Å². The van der Waals surface area contributed by atoms with Gasteiger partial charge in [0.05, 0.1) is 0 Å². The number of nitrogens with two attached hydrogens (primary N) is 1. The van der Waals surface area contributed by atoms with E-state index in [4.69, 9.17) is 10.2 Å². The second kappa shape index (κ2) is 4.72. The molecular formula is C11H10ClNO3. The predicted molar refractivity (Wildman–Crippen MR) is 63.7 cm³/mol. The highest BCUT2D eigenvalue weighted by Crippen LogP contribution is 2.24. The number of hydrogen-bond acceptors (Lipinski definition) is 4. The maximum Gasteiger partial charge on any atom is 0.363 e. The molecule has 4 nitrogen and oxygen atoms in total. The van der Waals surface area contributed by atoms with Gasteiger partial charge in [-0.2, -0.15) is 0 Å².